The second-order valence-electron chi connectivity index (χ2n) is 7.43. The van der Waals surface area contributed by atoms with Crippen molar-refractivity contribution < 1.29 is 0 Å². The Labute approximate surface area is 134 Å². The summed E-state index contributed by atoms with van der Waals surface area (Å²) in [6, 6.07) is 8.51. The van der Waals surface area contributed by atoms with Gasteiger partial charge in [0.1, 0.15) is 0 Å². The number of benzene rings is 1. The molecule has 1 aromatic rings. The first kappa shape index (κ1) is 16.8. The second-order valence-corrected chi connectivity index (χ2v) is 7.87. The van der Waals surface area contributed by atoms with E-state index in [1.807, 2.05) is 12.1 Å². The summed E-state index contributed by atoms with van der Waals surface area (Å²) in [6.07, 6.45) is 4.85. The molecule has 0 heterocycles. The Morgan fingerprint density at radius 1 is 1.24 bits per heavy atom. The number of halogens is 1. The molecule has 0 saturated heterocycles. The molecule has 1 unspecified atom stereocenters. The fraction of sp³-hybridized carbons (Fsp3) is 0.667. The first-order chi connectivity index (χ1) is 9.80. The highest BCUT2D eigenvalue weighted by molar-refractivity contribution is 6.30. The van der Waals surface area contributed by atoms with E-state index in [1.54, 1.807) is 0 Å². The number of nitrogens with two attached hydrogens (primary N) is 1. The summed E-state index contributed by atoms with van der Waals surface area (Å²) >= 11 is 6.14. The van der Waals surface area contributed by atoms with Crippen LogP contribution in [0.25, 0.3) is 0 Å². The van der Waals surface area contributed by atoms with E-state index in [0.29, 0.717) is 11.5 Å². The molecular formula is C18H29ClN2. The van der Waals surface area contributed by atoms with Crippen molar-refractivity contribution in [3.05, 3.63) is 34.9 Å². The number of hydrogen-bond donors (Lipinski definition) is 1. The molecule has 0 spiro atoms. The van der Waals surface area contributed by atoms with E-state index in [-0.39, 0.29) is 5.54 Å². The molecule has 1 atom stereocenters. The molecule has 0 amide bonds. The fourth-order valence-electron chi connectivity index (χ4n) is 3.49. The van der Waals surface area contributed by atoms with E-state index in [0.717, 1.165) is 11.6 Å². The van der Waals surface area contributed by atoms with Gasteiger partial charge in [-0.2, -0.15) is 0 Å². The van der Waals surface area contributed by atoms with Gasteiger partial charge in [-0.05, 0) is 62.8 Å². The van der Waals surface area contributed by atoms with Crippen molar-refractivity contribution in [1.82, 2.24) is 4.90 Å². The van der Waals surface area contributed by atoms with Crippen LogP contribution in [0.15, 0.2) is 24.3 Å². The van der Waals surface area contributed by atoms with Crippen LogP contribution in [0.2, 0.25) is 5.02 Å². The highest BCUT2D eigenvalue weighted by Crippen LogP contribution is 2.44. The average Bonchev–Trinajstić information content (AvgIpc) is 2.46. The summed E-state index contributed by atoms with van der Waals surface area (Å²) in [4.78, 5) is 2.48. The average molecular weight is 309 g/mol. The first-order valence-electron chi connectivity index (χ1n) is 7.98. The third-order valence-corrected chi connectivity index (χ3v) is 5.81. The lowest BCUT2D eigenvalue weighted by Gasteiger charge is -2.50. The molecule has 1 aliphatic carbocycles. The molecule has 21 heavy (non-hydrogen) atoms. The molecule has 118 valence electrons. The normalized spacial score (nSPS) is 22.2. The SMILES string of the molecule is CC(c1cccc(Cl)c1)N(C)C1(CN)CCC(C)(C)CC1. The van der Waals surface area contributed by atoms with Gasteiger partial charge in [-0.15, -0.1) is 0 Å². The van der Waals surface area contributed by atoms with Crippen LogP contribution in [-0.4, -0.2) is 24.0 Å². The Morgan fingerprint density at radius 2 is 1.86 bits per heavy atom. The first-order valence-corrected chi connectivity index (χ1v) is 8.36. The zero-order valence-corrected chi connectivity index (χ0v) is 14.6. The Bertz CT molecular complexity index is 474. The van der Waals surface area contributed by atoms with Crippen molar-refractivity contribution >= 4 is 11.6 Å². The molecule has 1 fully saturated rings. The van der Waals surface area contributed by atoms with E-state index in [4.69, 9.17) is 17.3 Å². The third kappa shape index (κ3) is 3.61. The van der Waals surface area contributed by atoms with Crippen molar-refractivity contribution in [2.24, 2.45) is 11.1 Å². The van der Waals surface area contributed by atoms with Crippen molar-refractivity contribution in [2.45, 2.75) is 58.0 Å². The quantitative estimate of drug-likeness (QED) is 0.878. The van der Waals surface area contributed by atoms with Crippen molar-refractivity contribution in [3.8, 4) is 0 Å². The zero-order chi connectivity index (χ0) is 15.7. The third-order valence-electron chi connectivity index (χ3n) is 5.57. The molecule has 0 radical (unpaired) electrons. The molecule has 1 aliphatic rings. The van der Waals surface area contributed by atoms with Crippen molar-refractivity contribution in [2.75, 3.05) is 13.6 Å². The van der Waals surface area contributed by atoms with Gasteiger partial charge in [0.25, 0.3) is 0 Å². The van der Waals surface area contributed by atoms with Gasteiger partial charge in [-0.3, -0.25) is 4.90 Å². The summed E-state index contributed by atoms with van der Waals surface area (Å²) in [7, 11) is 2.22. The summed E-state index contributed by atoms with van der Waals surface area (Å²) in [6.45, 7) is 7.72. The number of rotatable bonds is 4. The van der Waals surface area contributed by atoms with E-state index < -0.39 is 0 Å². The molecule has 0 aromatic heterocycles. The molecule has 1 saturated carbocycles. The van der Waals surface area contributed by atoms with Crippen LogP contribution in [0.5, 0.6) is 0 Å². The minimum Gasteiger partial charge on any atom is -0.329 e. The molecule has 2 nitrogen and oxygen atoms in total. The van der Waals surface area contributed by atoms with Gasteiger partial charge < -0.3 is 5.73 Å². The number of nitrogens with zero attached hydrogens (tertiary/aromatic N) is 1. The summed E-state index contributed by atoms with van der Waals surface area (Å²) in [5.41, 5.74) is 8.05. The van der Waals surface area contributed by atoms with Crippen LogP contribution < -0.4 is 5.73 Å². The predicted octanol–water partition coefficient (Wildman–Crippen LogP) is 4.63. The van der Waals surface area contributed by atoms with E-state index in [9.17, 15) is 0 Å². The Hall–Kier alpha value is -0.570. The van der Waals surface area contributed by atoms with Gasteiger partial charge in [-0.25, -0.2) is 0 Å². The highest BCUT2D eigenvalue weighted by atomic mass is 35.5. The topological polar surface area (TPSA) is 29.3 Å². The van der Waals surface area contributed by atoms with Gasteiger partial charge in [0.05, 0.1) is 0 Å². The standard InChI is InChI=1S/C18H29ClN2/c1-14(15-6-5-7-16(19)12-15)21(4)18(13-20)10-8-17(2,3)9-11-18/h5-7,12,14H,8-11,13,20H2,1-4H3. The monoisotopic (exact) mass is 308 g/mol. The Balaban J connectivity index is 2.18. The van der Waals surface area contributed by atoms with Crippen LogP contribution in [0.3, 0.4) is 0 Å². The zero-order valence-electron chi connectivity index (χ0n) is 13.8. The molecule has 0 bridgehead atoms. The smallest absolute Gasteiger partial charge is 0.0409 e. The van der Waals surface area contributed by atoms with Crippen molar-refractivity contribution in [3.63, 3.8) is 0 Å². The van der Waals surface area contributed by atoms with Crippen LogP contribution in [0.4, 0.5) is 0 Å². The minimum atomic E-state index is 0.122. The van der Waals surface area contributed by atoms with Gasteiger partial charge in [0.15, 0.2) is 0 Å². The predicted molar refractivity (Wildman–Crippen MR) is 91.7 cm³/mol. The summed E-state index contributed by atoms with van der Waals surface area (Å²) in [5, 5.41) is 0.805. The van der Waals surface area contributed by atoms with E-state index in [2.05, 4.69) is 44.9 Å². The molecule has 3 heteroatoms. The highest BCUT2D eigenvalue weighted by Gasteiger charge is 2.41. The molecule has 1 aromatic carbocycles. The molecule has 0 aliphatic heterocycles. The van der Waals surface area contributed by atoms with E-state index in [1.165, 1.54) is 31.2 Å². The summed E-state index contributed by atoms with van der Waals surface area (Å²) < 4.78 is 0. The van der Waals surface area contributed by atoms with Gasteiger partial charge in [0.2, 0.25) is 0 Å². The van der Waals surface area contributed by atoms with Crippen molar-refractivity contribution in [1.29, 1.82) is 0 Å². The number of hydrogen-bond acceptors (Lipinski definition) is 2. The maximum Gasteiger partial charge on any atom is 0.0409 e. The van der Waals surface area contributed by atoms with Gasteiger partial charge in [-0.1, -0.05) is 37.6 Å². The minimum absolute atomic E-state index is 0.122. The van der Waals surface area contributed by atoms with Gasteiger partial charge >= 0.3 is 0 Å². The Kier molecular flexibility index (Phi) is 5.02. The van der Waals surface area contributed by atoms with Crippen LogP contribution in [0, 0.1) is 5.41 Å². The molecule has 2 N–H and O–H groups in total. The Morgan fingerprint density at radius 3 is 2.38 bits per heavy atom. The lowest BCUT2D eigenvalue weighted by Crippen LogP contribution is -2.55. The largest absolute Gasteiger partial charge is 0.329 e. The fourth-order valence-corrected chi connectivity index (χ4v) is 3.69. The van der Waals surface area contributed by atoms with Gasteiger partial charge in [0, 0.05) is 23.1 Å². The number of likely N-dealkylation sites (N-methyl/N-ethyl adjacent to an activating group) is 1. The maximum atomic E-state index is 6.21. The second kappa shape index (κ2) is 6.28. The molecular weight excluding hydrogens is 280 g/mol. The summed E-state index contributed by atoms with van der Waals surface area (Å²) in [5.74, 6) is 0. The van der Waals surface area contributed by atoms with Crippen LogP contribution >= 0.6 is 11.6 Å². The lowest BCUT2D eigenvalue weighted by atomic mass is 9.68. The lowest BCUT2D eigenvalue weighted by molar-refractivity contribution is 0.0167. The molecule has 2 rings (SSSR count). The van der Waals surface area contributed by atoms with Crippen LogP contribution in [0.1, 0.15) is 58.1 Å². The van der Waals surface area contributed by atoms with Crippen LogP contribution in [-0.2, 0) is 0 Å². The maximum absolute atomic E-state index is 6.21. The van der Waals surface area contributed by atoms with E-state index >= 15 is 0 Å².